The molecule has 2 atom stereocenters. The molecule has 162 valence electrons. The number of carbonyl (C=O) groups excluding carboxylic acids is 1. The van der Waals surface area contributed by atoms with Crippen molar-refractivity contribution in [1.29, 1.82) is 0 Å². The van der Waals surface area contributed by atoms with Gasteiger partial charge in [0.1, 0.15) is 18.1 Å². The Labute approximate surface area is 184 Å². The number of halogens is 1. The van der Waals surface area contributed by atoms with E-state index < -0.39 is 0 Å². The lowest BCUT2D eigenvalue weighted by Crippen LogP contribution is -2.17. The Balaban J connectivity index is 1.32. The largest absolute Gasteiger partial charge is 0.491 e. The van der Waals surface area contributed by atoms with Crippen LogP contribution in [0.5, 0.6) is 5.75 Å². The maximum absolute atomic E-state index is 12.4. The summed E-state index contributed by atoms with van der Waals surface area (Å²) in [5, 5.41) is 0.855. The third-order valence-corrected chi connectivity index (χ3v) is 5.77. The topological polar surface area (TPSA) is 75.0 Å². The summed E-state index contributed by atoms with van der Waals surface area (Å²) in [4.78, 5) is 23.9. The van der Waals surface area contributed by atoms with Crippen molar-refractivity contribution in [3.05, 3.63) is 63.8 Å². The first-order valence-electron chi connectivity index (χ1n) is 10.2. The Hall–Kier alpha value is -2.83. The van der Waals surface area contributed by atoms with Gasteiger partial charge in [0, 0.05) is 11.6 Å². The number of para-hydroxylation sites is 1. The molecule has 1 aromatic heterocycles. The van der Waals surface area contributed by atoms with E-state index in [1.165, 1.54) is 13.2 Å². The lowest BCUT2D eigenvalue weighted by molar-refractivity contribution is -0.145. The van der Waals surface area contributed by atoms with Crippen LogP contribution in [0.25, 0.3) is 22.3 Å². The minimum Gasteiger partial charge on any atom is -0.491 e. The van der Waals surface area contributed by atoms with E-state index in [9.17, 15) is 9.59 Å². The summed E-state index contributed by atoms with van der Waals surface area (Å²) < 4.78 is 22.2. The van der Waals surface area contributed by atoms with E-state index in [1.54, 1.807) is 18.2 Å². The van der Waals surface area contributed by atoms with E-state index in [-0.39, 0.29) is 23.4 Å². The molecule has 0 aliphatic heterocycles. The Morgan fingerprint density at radius 1 is 1.13 bits per heavy atom. The van der Waals surface area contributed by atoms with Gasteiger partial charge in [-0.25, -0.2) is 0 Å². The molecule has 0 amide bonds. The van der Waals surface area contributed by atoms with Gasteiger partial charge >= 0.3 is 5.97 Å². The highest BCUT2D eigenvalue weighted by atomic mass is 35.5. The third-order valence-electron chi connectivity index (χ3n) is 5.47. The molecule has 7 heteroatoms. The maximum Gasteiger partial charge on any atom is 0.308 e. The molecule has 0 bridgehead atoms. The standard InChI is InChI=1S/C24H23ClO6/c1-28-24(27)16-7-10-18(13-16)30-12-11-29-17-8-5-15(6-9-17)22-14-21(26)19-3-2-4-20(25)23(19)31-22/h2-6,8-9,14,16,18H,7,10-13H2,1H3. The van der Waals surface area contributed by atoms with Gasteiger partial charge in [0.25, 0.3) is 0 Å². The van der Waals surface area contributed by atoms with Gasteiger partial charge < -0.3 is 18.6 Å². The average Bonchev–Trinajstić information content (AvgIpc) is 3.26. The zero-order chi connectivity index (χ0) is 21.8. The van der Waals surface area contributed by atoms with Crippen molar-refractivity contribution in [2.45, 2.75) is 25.4 Å². The van der Waals surface area contributed by atoms with Crippen molar-refractivity contribution < 1.29 is 23.4 Å². The molecule has 1 fully saturated rings. The average molecular weight is 443 g/mol. The minimum absolute atomic E-state index is 0.0616. The van der Waals surface area contributed by atoms with Crippen molar-refractivity contribution in [3.8, 4) is 17.1 Å². The molecular weight excluding hydrogens is 420 g/mol. The van der Waals surface area contributed by atoms with Crippen molar-refractivity contribution in [3.63, 3.8) is 0 Å². The monoisotopic (exact) mass is 442 g/mol. The number of ether oxygens (including phenoxy) is 3. The molecule has 31 heavy (non-hydrogen) atoms. The van der Waals surface area contributed by atoms with Gasteiger partial charge in [0.2, 0.25) is 0 Å². The molecule has 0 radical (unpaired) electrons. The SMILES string of the molecule is COC(=O)C1CCC(OCCOc2ccc(-c3cc(=O)c4cccc(Cl)c4o3)cc2)C1. The fourth-order valence-corrected chi connectivity index (χ4v) is 4.06. The molecule has 6 nitrogen and oxygen atoms in total. The van der Waals surface area contributed by atoms with Crippen molar-refractivity contribution in [2.24, 2.45) is 5.92 Å². The Kier molecular flexibility index (Phi) is 6.59. The molecule has 2 aromatic carbocycles. The fourth-order valence-electron chi connectivity index (χ4n) is 3.85. The molecule has 4 rings (SSSR count). The van der Waals surface area contributed by atoms with Crippen LogP contribution in [0.3, 0.4) is 0 Å². The van der Waals surface area contributed by atoms with Crippen LogP contribution in [0.15, 0.2) is 57.7 Å². The van der Waals surface area contributed by atoms with Gasteiger partial charge in [-0.05, 0) is 55.7 Å². The quantitative estimate of drug-likeness (QED) is 0.384. The molecule has 0 saturated heterocycles. The Morgan fingerprint density at radius 2 is 1.94 bits per heavy atom. The summed E-state index contributed by atoms with van der Waals surface area (Å²) in [5.74, 6) is 0.912. The number of hydrogen-bond donors (Lipinski definition) is 0. The van der Waals surface area contributed by atoms with Gasteiger partial charge in [-0.15, -0.1) is 0 Å². The molecule has 2 unspecified atom stereocenters. The molecule has 1 heterocycles. The number of carbonyl (C=O) groups is 1. The highest BCUT2D eigenvalue weighted by molar-refractivity contribution is 6.34. The third kappa shape index (κ3) is 4.92. The van der Waals surface area contributed by atoms with Gasteiger partial charge in [-0.3, -0.25) is 9.59 Å². The van der Waals surface area contributed by atoms with Gasteiger partial charge in [0.05, 0.1) is 36.1 Å². The minimum atomic E-state index is -0.160. The zero-order valence-corrected chi connectivity index (χ0v) is 17.9. The lowest BCUT2D eigenvalue weighted by Gasteiger charge is -2.13. The van der Waals surface area contributed by atoms with Crippen LogP contribution in [0, 0.1) is 5.92 Å². The van der Waals surface area contributed by atoms with Gasteiger partial charge in [-0.2, -0.15) is 0 Å². The second kappa shape index (κ2) is 9.54. The molecule has 0 spiro atoms. The predicted molar refractivity (Wildman–Crippen MR) is 118 cm³/mol. The zero-order valence-electron chi connectivity index (χ0n) is 17.1. The molecular formula is C24H23ClO6. The van der Waals surface area contributed by atoms with Crippen LogP contribution in [-0.4, -0.2) is 32.4 Å². The highest BCUT2D eigenvalue weighted by Crippen LogP contribution is 2.29. The number of esters is 1. The summed E-state index contributed by atoms with van der Waals surface area (Å²) in [7, 11) is 1.42. The molecule has 1 aliphatic rings. The van der Waals surface area contributed by atoms with Crippen LogP contribution in [0.4, 0.5) is 0 Å². The number of methoxy groups -OCH3 is 1. The summed E-state index contributed by atoms with van der Waals surface area (Å²) in [5.41, 5.74) is 0.991. The van der Waals surface area contributed by atoms with Crippen LogP contribution < -0.4 is 10.2 Å². The number of hydrogen-bond acceptors (Lipinski definition) is 6. The number of fused-ring (bicyclic) bond motifs is 1. The molecule has 0 N–H and O–H groups in total. The van der Waals surface area contributed by atoms with Gasteiger partial charge in [-0.1, -0.05) is 17.7 Å². The first-order chi connectivity index (χ1) is 15.0. The smallest absolute Gasteiger partial charge is 0.308 e. The van der Waals surface area contributed by atoms with Crippen LogP contribution >= 0.6 is 11.6 Å². The Bertz CT molecular complexity index is 1120. The summed E-state index contributed by atoms with van der Waals surface area (Å²) in [6.45, 7) is 0.845. The normalized spacial score (nSPS) is 18.3. The van der Waals surface area contributed by atoms with E-state index in [1.807, 2.05) is 24.3 Å². The second-order valence-electron chi connectivity index (χ2n) is 7.49. The molecule has 3 aromatic rings. The maximum atomic E-state index is 12.4. The summed E-state index contributed by atoms with van der Waals surface area (Å²) in [6.07, 6.45) is 2.42. The van der Waals surface area contributed by atoms with Gasteiger partial charge in [0.15, 0.2) is 11.0 Å². The highest BCUT2D eigenvalue weighted by Gasteiger charge is 2.31. The second-order valence-corrected chi connectivity index (χ2v) is 7.90. The number of benzene rings is 2. The van der Waals surface area contributed by atoms with Crippen molar-refractivity contribution in [2.75, 3.05) is 20.3 Å². The predicted octanol–water partition coefficient (Wildman–Crippen LogP) is 4.85. The van der Waals surface area contributed by atoms with Crippen LogP contribution in [0.2, 0.25) is 5.02 Å². The van der Waals surface area contributed by atoms with Crippen molar-refractivity contribution >= 4 is 28.5 Å². The summed E-state index contributed by atoms with van der Waals surface area (Å²) in [6, 6.07) is 13.9. The first kappa shape index (κ1) is 21.4. The van der Waals surface area contributed by atoms with E-state index in [0.717, 1.165) is 18.4 Å². The lowest BCUT2D eigenvalue weighted by atomic mass is 10.1. The van der Waals surface area contributed by atoms with E-state index in [0.29, 0.717) is 47.1 Å². The Morgan fingerprint density at radius 3 is 2.71 bits per heavy atom. The van der Waals surface area contributed by atoms with E-state index in [4.69, 9.17) is 30.2 Å². The summed E-state index contributed by atoms with van der Waals surface area (Å²) >= 11 is 6.18. The first-order valence-corrected chi connectivity index (χ1v) is 10.6. The van der Waals surface area contributed by atoms with E-state index >= 15 is 0 Å². The molecule has 1 aliphatic carbocycles. The fraction of sp³-hybridized carbons (Fsp3) is 0.333. The number of rotatable bonds is 7. The van der Waals surface area contributed by atoms with E-state index in [2.05, 4.69) is 0 Å². The van der Waals surface area contributed by atoms with Crippen molar-refractivity contribution in [1.82, 2.24) is 0 Å². The van der Waals surface area contributed by atoms with Crippen LogP contribution in [0.1, 0.15) is 19.3 Å². The molecule has 1 saturated carbocycles. The van der Waals surface area contributed by atoms with Crippen LogP contribution in [-0.2, 0) is 14.3 Å².